The third kappa shape index (κ3) is 3.65. The van der Waals surface area contributed by atoms with Crippen LogP contribution in [0.5, 0.6) is 0 Å². The highest BCUT2D eigenvalue weighted by Gasteiger charge is 2.30. The Morgan fingerprint density at radius 1 is 1.24 bits per heavy atom. The smallest absolute Gasteiger partial charge is 0.251 e. The van der Waals surface area contributed by atoms with Crippen molar-refractivity contribution in [2.24, 2.45) is 0 Å². The predicted octanol–water partition coefficient (Wildman–Crippen LogP) is 2.27. The van der Waals surface area contributed by atoms with Gasteiger partial charge in [0.1, 0.15) is 6.10 Å². The maximum absolute atomic E-state index is 12.3. The SMILES string of the molecule is O=C([C@H]1CCCO1)N1CCN(Cc2ccccc2Br)CC1. The highest BCUT2D eigenvalue weighted by molar-refractivity contribution is 9.10. The summed E-state index contributed by atoms with van der Waals surface area (Å²) >= 11 is 3.60. The second-order valence-corrected chi connectivity index (χ2v) is 6.55. The molecule has 1 atom stereocenters. The molecule has 0 radical (unpaired) electrons. The molecule has 1 aromatic carbocycles. The summed E-state index contributed by atoms with van der Waals surface area (Å²) in [6.45, 7) is 5.15. The van der Waals surface area contributed by atoms with Crippen molar-refractivity contribution in [2.75, 3.05) is 32.8 Å². The minimum atomic E-state index is -0.181. The van der Waals surface area contributed by atoms with Crippen molar-refractivity contribution in [3.8, 4) is 0 Å². The first kappa shape index (κ1) is 15.0. The lowest BCUT2D eigenvalue weighted by molar-refractivity contribution is -0.142. The zero-order valence-electron chi connectivity index (χ0n) is 12.1. The first-order valence-electron chi connectivity index (χ1n) is 7.60. The van der Waals surface area contributed by atoms with E-state index in [1.54, 1.807) is 0 Å². The van der Waals surface area contributed by atoms with Gasteiger partial charge in [-0.05, 0) is 24.5 Å². The average Bonchev–Trinajstić information content (AvgIpc) is 3.04. The van der Waals surface area contributed by atoms with Crippen LogP contribution in [-0.4, -0.2) is 54.6 Å². The zero-order chi connectivity index (χ0) is 14.7. The van der Waals surface area contributed by atoms with Crippen LogP contribution in [0.4, 0.5) is 0 Å². The Morgan fingerprint density at radius 3 is 2.67 bits per heavy atom. The van der Waals surface area contributed by atoms with Crippen LogP contribution in [-0.2, 0) is 16.1 Å². The van der Waals surface area contributed by atoms with Crippen LogP contribution in [0.3, 0.4) is 0 Å². The Bertz CT molecular complexity index is 495. The number of carbonyl (C=O) groups excluding carboxylic acids is 1. The molecular weight excluding hydrogens is 332 g/mol. The standard InChI is InChI=1S/C16H21BrN2O2/c17-14-5-2-1-4-13(14)12-18-7-9-19(10-8-18)16(20)15-6-3-11-21-15/h1-2,4-5,15H,3,6-12H2/t15-/m1/s1. The lowest BCUT2D eigenvalue weighted by Gasteiger charge is -2.35. The summed E-state index contributed by atoms with van der Waals surface area (Å²) in [5.41, 5.74) is 1.30. The highest BCUT2D eigenvalue weighted by atomic mass is 79.9. The Hall–Kier alpha value is -0.910. The molecule has 0 unspecified atom stereocenters. The van der Waals surface area contributed by atoms with Crippen LogP contribution >= 0.6 is 15.9 Å². The van der Waals surface area contributed by atoms with Gasteiger partial charge >= 0.3 is 0 Å². The molecule has 3 rings (SSSR count). The van der Waals surface area contributed by atoms with E-state index >= 15 is 0 Å². The molecule has 0 saturated carbocycles. The van der Waals surface area contributed by atoms with E-state index in [1.807, 2.05) is 11.0 Å². The van der Waals surface area contributed by atoms with Gasteiger partial charge in [-0.15, -0.1) is 0 Å². The average molecular weight is 353 g/mol. The van der Waals surface area contributed by atoms with Gasteiger partial charge in [0, 0.05) is 43.8 Å². The number of carbonyl (C=O) groups is 1. The quantitative estimate of drug-likeness (QED) is 0.836. The van der Waals surface area contributed by atoms with E-state index in [4.69, 9.17) is 4.74 Å². The molecule has 0 N–H and O–H groups in total. The van der Waals surface area contributed by atoms with Gasteiger partial charge in [-0.25, -0.2) is 0 Å². The number of hydrogen-bond donors (Lipinski definition) is 0. The van der Waals surface area contributed by atoms with E-state index in [9.17, 15) is 4.79 Å². The lowest BCUT2D eigenvalue weighted by atomic mass is 10.1. The van der Waals surface area contributed by atoms with Gasteiger partial charge in [0.2, 0.25) is 0 Å². The summed E-state index contributed by atoms with van der Waals surface area (Å²) in [4.78, 5) is 16.7. The summed E-state index contributed by atoms with van der Waals surface area (Å²) in [5.74, 6) is 0.188. The van der Waals surface area contributed by atoms with Crippen molar-refractivity contribution >= 4 is 21.8 Å². The first-order valence-corrected chi connectivity index (χ1v) is 8.39. The number of halogens is 1. The van der Waals surface area contributed by atoms with Gasteiger partial charge in [-0.3, -0.25) is 9.69 Å². The molecular formula is C16H21BrN2O2. The third-order valence-electron chi connectivity index (χ3n) is 4.24. The van der Waals surface area contributed by atoms with Crippen molar-refractivity contribution in [1.82, 2.24) is 9.80 Å². The molecule has 2 saturated heterocycles. The minimum Gasteiger partial charge on any atom is -0.368 e. The number of benzene rings is 1. The van der Waals surface area contributed by atoms with Gasteiger partial charge in [-0.2, -0.15) is 0 Å². The fourth-order valence-electron chi connectivity index (χ4n) is 2.97. The van der Waals surface area contributed by atoms with Crippen LogP contribution in [0.15, 0.2) is 28.7 Å². The third-order valence-corrected chi connectivity index (χ3v) is 5.01. The molecule has 1 aromatic rings. The summed E-state index contributed by atoms with van der Waals surface area (Å²) < 4.78 is 6.65. The molecule has 4 nitrogen and oxygen atoms in total. The summed E-state index contributed by atoms with van der Waals surface area (Å²) in [6.07, 6.45) is 1.72. The number of rotatable bonds is 3. The number of piperazine rings is 1. The maximum atomic E-state index is 12.3. The van der Waals surface area contributed by atoms with E-state index in [-0.39, 0.29) is 12.0 Å². The topological polar surface area (TPSA) is 32.8 Å². The zero-order valence-corrected chi connectivity index (χ0v) is 13.7. The number of ether oxygens (including phenoxy) is 1. The Balaban J connectivity index is 1.51. The molecule has 1 amide bonds. The van der Waals surface area contributed by atoms with Crippen LogP contribution in [0.1, 0.15) is 18.4 Å². The molecule has 0 aromatic heterocycles. The van der Waals surface area contributed by atoms with E-state index < -0.39 is 0 Å². The fraction of sp³-hybridized carbons (Fsp3) is 0.562. The second-order valence-electron chi connectivity index (χ2n) is 5.69. The summed E-state index contributed by atoms with van der Waals surface area (Å²) in [5, 5.41) is 0. The Kier molecular flexibility index (Phi) is 4.93. The first-order chi connectivity index (χ1) is 10.2. The molecule has 5 heteroatoms. The number of nitrogens with zero attached hydrogens (tertiary/aromatic N) is 2. The van der Waals surface area contributed by atoms with Gasteiger partial charge < -0.3 is 9.64 Å². The van der Waals surface area contributed by atoms with E-state index in [0.717, 1.165) is 56.6 Å². The molecule has 21 heavy (non-hydrogen) atoms. The maximum Gasteiger partial charge on any atom is 0.251 e. The summed E-state index contributed by atoms with van der Waals surface area (Å²) in [6, 6.07) is 8.32. The van der Waals surface area contributed by atoms with Crippen molar-refractivity contribution in [1.29, 1.82) is 0 Å². The summed E-state index contributed by atoms with van der Waals surface area (Å²) in [7, 11) is 0. The Labute approximate surface area is 134 Å². The van der Waals surface area contributed by atoms with Crippen molar-refractivity contribution in [2.45, 2.75) is 25.5 Å². The molecule has 2 aliphatic heterocycles. The normalized spacial score (nSPS) is 23.5. The number of hydrogen-bond acceptors (Lipinski definition) is 3. The van der Waals surface area contributed by atoms with Crippen LogP contribution in [0.25, 0.3) is 0 Å². The van der Waals surface area contributed by atoms with Crippen molar-refractivity contribution in [3.05, 3.63) is 34.3 Å². The molecule has 2 fully saturated rings. The van der Waals surface area contributed by atoms with Crippen LogP contribution < -0.4 is 0 Å². The van der Waals surface area contributed by atoms with E-state index in [2.05, 4.69) is 39.0 Å². The number of amides is 1. The highest BCUT2D eigenvalue weighted by Crippen LogP contribution is 2.20. The van der Waals surface area contributed by atoms with Crippen LogP contribution in [0.2, 0.25) is 0 Å². The minimum absolute atomic E-state index is 0.181. The van der Waals surface area contributed by atoms with E-state index in [0.29, 0.717) is 0 Å². The molecule has 114 valence electrons. The van der Waals surface area contributed by atoms with Gasteiger partial charge in [0.05, 0.1) is 0 Å². The molecule has 2 aliphatic rings. The second kappa shape index (κ2) is 6.90. The molecule has 0 bridgehead atoms. The van der Waals surface area contributed by atoms with Crippen molar-refractivity contribution < 1.29 is 9.53 Å². The monoisotopic (exact) mass is 352 g/mol. The van der Waals surface area contributed by atoms with Crippen LogP contribution in [0, 0.1) is 0 Å². The fourth-order valence-corrected chi connectivity index (χ4v) is 3.38. The molecule has 0 spiro atoms. The lowest BCUT2D eigenvalue weighted by Crippen LogP contribution is -2.51. The Morgan fingerprint density at radius 2 is 2.00 bits per heavy atom. The molecule has 0 aliphatic carbocycles. The van der Waals surface area contributed by atoms with Crippen molar-refractivity contribution in [3.63, 3.8) is 0 Å². The van der Waals surface area contributed by atoms with Gasteiger partial charge in [-0.1, -0.05) is 34.1 Å². The van der Waals surface area contributed by atoms with Gasteiger partial charge in [0.25, 0.3) is 5.91 Å². The predicted molar refractivity (Wildman–Crippen MR) is 85.0 cm³/mol. The largest absolute Gasteiger partial charge is 0.368 e. The van der Waals surface area contributed by atoms with E-state index in [1.165, 1.54) is 5.56 Å². The molecule has 2 heterocycles. The van der Waals surface area contributed by atoms with Gasteiger partial charge in [0.15, 0.2) is 0 Å².